The Morgan fingerprint density at radius 3 is 2.69 bits per heavy atom. The Labute approximate surface area is 98.3 Å². The van der Waals surface area contributed by atoms with Crippen molar-refractivity contribution in [3.8, 4) is 6.07 Å². The summed E-state index contributed by atoms with van der Waals surface area (Å²) in [4.78, 5) is 0. The number of benzene rings is 1. The summed E-state index contributed by atoms with van der Waals surface area (Å²) in [6.45, 7) is 2.98. The Morgan fingerprint density at radius 1 is 1.31 bits per heavy atom. The van der Waals surface area contributed by atoms with Gasteiger partial charge >= 0.3 is 0 Å². The van der Waals surface area contributed by atoms with Gasteiger partial charge in [-0.1, -0.05) is 50.1 Å². The van der Waals surface area contributed by atoms with Gasteiger partial charge in [-0.15, -0.1) is 0 Å². The summed E-state index contributed by atoms with van der Waals surface area (Å²) >= 11 is 0. The zero-order valence-corrected chi connectivity index (χ0v) is 9.95. The Bertz CT molecular complexity index is 313. The Morgan fingerprint density at radius 2 is 2.06 bits per heavy atom. The molecule has 0 spiro atoms. The molecule has 0 aliphatic rings. The molecule has 2 heteroatoms. The van der Waals surface area contributed by atoms with Gasteiger partial charge in [0.25, 0.3) is 0 Å². The minimum atomic E-state index is 0.398. The molecule has 0 aliphatic carbocycles. The quantitative estimate of drug-likeness (QED) is 0.709. The molecule has 0 fully saturated rings. The molecule has 0 aliphatic heterocycles. The first-order valence-corrected chi connectivity index (χ1v) is 6.03. The minimum Gasteiger partial charge on any atom is -0.309 e. The number of nitrogens with one attached hydrogen (secondary N) is 1. The molecule has 86 valence electrons. The van der Waals surface area contributed by atoms with Crippen molar-refractivity contribution in [1.82, 2.24) is 5.32 Å². The molecule has 0 saturated heterocycles. The Balaban J connectivity index is 2.53. The van der Waals surface area contributed by atoms with Crippen molar-refractivity contribution in [3.05, 3.63) is 35.9 Å². The van der Waals surface area contributed by atoms with E-state index in [2.05, 4.69) is 42.6 Å². The maximum Gasteiger partial charge on any atom is 0.0635 e. The first kappa shape index (κ1) is 12.7. The molecule has 16 heavy (non-hydrogen) atoms. The summed E-state index contributed by atoms with van der Waals surface area (Å²) < 4.78 is 0. The Hall–Kier alpha value is -1.33. The lowest BCUT2D eigenvalue weighted by Gasteiger charge is -2.18. The highest BCUT2D eigenvalue weighted by Crippen LogP contribution is 2.18. The molecule has 1 aromatic carbocycles. The van der Waals surface area contributed by atoms with Crippen molar-refractivity contribution < 1.29 is 0 Å². The fourth-order valence-electron chi connectivity index (χ4n) is 1.78. The molecular formula is C14H20N2. The van der Waals surface area contributed by atoms with Gasteiger partial charge in [0.15, 0.2) is 0 Å². The third kappa shape index (κ3) is 4.46. The second-order valence-corrected chi connectivity index (χ2v) is 3.97. The third-order valence-corrected chi connectivity index (χ3v) is 2.68. The van der Waals surface area contributed by atoms with E-state index in [9.17, 15) is 0 Å². The second kappa shape index (κ2) is 7.90. The van der Waals surface area contributed by atoms with Crippen LogP contribution in [0.1, 0.15) is 44.2 Å². The molecule has 0 amide bonds. The Kier molecular flexibility index (Phi) is 6.29. The van der Waals surface area contributed by atoms with Crippen LogP contribution in [-0.2, 0) is 0 Å². The monoisotopic (exact) mass is 216 g/mol. The highest BCUT2D eigenvalue weighted by Gasteiger charge is 2.08. The van der Waals surface area contributed by atoms with Gasteiger partial charge in [0.2, 0.25) is 0 Å². The second-order valence-electron chi connectivity index (χ2n) is 3.97. The van der Waals surface area contributed by atoms with Crippen LogP contribution in [0, 0.1) is 11.3 Å². The van der Waals surface area contributed by atoms with Crippen LogP contribution < -0.4 is 5.32 Å². The van der Waals surface area contributed by atoms with E-state index >= 15 is 0 Å². The molecule has 1 aromatic rings. The number of nitriles is 1. The average molecular weight is 216 g/mol. The van der Waals surface area contributed by atoms with Gasteiger partial charge < -0.3 is 5.32 Å². The zero-order valence-electron chi connectivity index (χ0n) is 9.95. The molecule has 0 heterocycles. The standard InChI is InChI=1S/C14H20N2/c1-2-3-10-14(16-12-7-11-15)13-8-5-4-6-9-13/h4-6,8-9,14,16H,2-3,7,10,12H2,1H3. The summed E-state index contributed by atoms with van der Waals surface area (Å²) in [6, 6.07) is 13.0. The van der Waals surface area contributed by atoms with E-state index in [1.54, 1.807) is 0 Å². The zero-order chi connectivity index (χ0) is 11.6. The van der Waals surface area contributed by atoms with E-state index in [-0.39, 0.29) is 0 Å². The number of hydrogen-bond donors (Lipinski definition) is 1. The number of unbranched alkanes of at least 4 members (excludes halogenated alkanes) is 1. The lowest BCUT2D eigenvalue weighted by Crippen LogP contribution is -2.22. The minimum absolute atomic E-state index is 0.398. The fraction of sp³-hybridized carbons (Fsp3) is 0.500. The fourth-order valence-corrected chi connectivity index (χ4v) is 1.78. The molecule has 0 aromatic heterocycles. The van der Waals surface area contributed by atoms with Crippen molar-refractivity contribution in [1.29, 1.82) is 5.26 Å². The predicted molar refractivity (Wildman–Crippen MR) is 66.9 cm³/mol. The topological polar surface area (TPSA) is 35.8 Å². The molecule has 1 unspecified atom stereocenters. The molecule has 1 atom stereocenters. The number of hydrogen-bond acceptors (Lipinski definition) is 2. The van der Waals surface area contributed by atoms with Gasteiger partial charge in [0.05, 0.1) is 6.07 Å². The van der Waals surface area contributed by atoms with E-state index in [1.165, 1.54) is 18.4 Å². The molecule has 1 N–H and O–H groups in total. The lowest BCUT2D eigenvalue weighted by molar-refractivity contribution is 0.487. The number of nitrogens with zero attached hydrogens (tertiary/aromatic N) is 1. The maximum atomic E-state index is 8.54. The van der Waals surface area contributed by atoms with Crippen LogP contribution in [0.25, 0.3) is 0 Å². The lowest BCUT2D eigenvalue weighted by atomic mass is 10.0. The van der Waals surface area contributed by atoms with Gasteiger partial charge in [0.1, 0.15) is 0 Å². The molecule has 0 bridgehead atoms. The first-order valence-electron chi connectivity index (χ1n) is 6.03. The van der Waals surface area contributed by atoms with Crippen LogP contribution in [0.15, 0.2) is 30.3 Å². The summed E-state index contributed by atoms with van der Waals surface area (Å²) in [5, 5.41) is 12.0. The SMILES string of the molecule is CCCCC(NCCC#N)c1ccccc1. The van der Waals surface area contributed by atoms with E-state index in [1.807, 2.05) is 6.07 Å². The van der Waals surface area contributed by atoms with Gasteiger partial charge in [-0.3, -0.25) is 0 Å². The number of rotatable bonds is 7. The van der Waals surface area contributed by atoms with Crippen molar-refractivity contribution in [3.63, 3.8) is 0 Å². The largest absolute Gasteiger partial charge is 0.309 e. The van der Waals surface area contributed by atoms with Crippen molar-refractivity contribution in [2.24, 2.45) is 0 Å². The van der Waals surface area contributed by atoms with Crippen molar-refractivity contribution in [2.75, 3.05) is 6.54 Å². The smallest absolute Gasteiger partial charge is 0.0635 e. The van der Waals surface area contributed by atoms with Gasteiger partial charge in [-0.25, -0.2) is 0 Å². The van der Waals surface area contributed by atoms with Crippen LogP contribution in [0.4, 0.5) is 0 Å². The normalized spacial score (nSPS) is 12.0. The summed E-state index contributed by atoms with van der Waals surface area (Å²) in [5.41, 5.74) is 1.33. The molecule has 2 nitrogen and oxygen atoms in total. The average Bonchev–Trinajstić information content (AvgIpc) is 2.35. The van der Waals surface area contributed by atoms with Gasteiger partial charge in [-0.05, 0) is 12.0 Å². The van der Waals surface area contributed by atoms with Crippen LogP contribution >= 0.6 is 0 Å². The molecule has 0 radical (unpaired) electrons. The third-order valence-electron chi connectivity index (χ3n) is 2.68. The summed E-state index contributed by atoms with van der Waals surface area (Å²) in [7, 11) is 0. The van der Waals surface area contributed by atoms with Crippen LogP contribution in [0.3, 0.4) is 0 Å². The summed E-state index contributed by atoms with van der Waals surface area (Å²) in [6.07, 6.45) is 4.16. The molecule has 1 rings (SSSR count). The van der Waals surface area contributed by atoms with Crippen molar-refractivity contribution in [2.45, 2.75) is 38.6 Å². The molecule has 0 saturated carbocycles. The van der Waals surface area contributed by atoms with Gasteiger partial charge in [-0.2, -0.15) is 5.26 Å². The van der Waals surface area contributed by atoms with E-state index in [0.717, 1.165) is 13.0 Å². The van der Waals surface area contributed by atoms with E-state index in [0.29, 0.717) is 12.5 Å². The summed E-state index contributed by atoms with van der Waals surface area (Å²) in [5.74, 6) is 0. The highest BCUT2D eigenvalue weighted by molar-refractivity contribution is 5.18. The van der Waals surface area contributed by atoms with E-state index in [4.69, 9.17) is 5.26 Å². The first-order chi connectivity index (χ1) is 7.88. The van der Waals surface area contributed by atoms with E-state index < -0.39 is 0 Å². The van der Waals surface area contributed by atoms with Gasteiger partial charge in [0, 0.05) is 19.0 Å². The molecular weight excluding hydrogens is 196 g/mol. The van der Waals surface area contributed by atoms with Crippen LogP contribution in [0.5, 0.6) is 0 Å². The maximum absolute atomic E-state index is 8.54. The van der Waals surface area contributed by atoms with Crippen LogP contribution in [-0.4, -0.2) is 6.54 Å². The predicted octanol–water partition coefficient (Wildman–Crippen LogP) is 3.42. The van der Waals surface area contributed by atoms with Crippen LogP contribution in [0.2, 0.25) is 0 Å². The highest BCUT2D eigenvalue weighted by atomic mass is 14.9. The van der Waals surface area contributed by atoms with Crippen molar-refractivity contribution >= 4 is 0 Å².